The molecule has 0 saturated heterocycles. The smallest absolute Gasteiger partial charge is 0.149 e. The van der Waals surface area contributed by atoms with E-state index in [0.29, 0.717) is 17.1 Å². The summed E-state index contributed by atoms with van der Waals surface area (Å²) >= 11 is 1.43. The summed E-state index contributed by atoms with van der Waals surface area (Å²) in [7, 11) is 1.84. The van der Waals surface area contributed by atoms with Gasteiger partial charge in [-0.25, -0.2) is 4.39 Å². The first-order chi connectivity index (χ1) is 7.29. The Balaban J connectivity index is 2.29. The van der Waals surface area contributed by atoms with Crippen LogP contribution in [-0.4, -0.2) is 22.2 Å². The molecule has 0 aliphatic heterocycles. The zero-order valence-electron chi connectivity index (χ0n) is 8.07. The molecular weight excluding hydrogens is 215 g/mol. The Bertz CT molecular complexity index is 457. The van der Waals surface area contributed by atoms with Crippen LogP contribution in [0.4, 0.5) is 4.39 Å². The van der Waals surface area contributed by atoms with Crippen molar-refractivity contribution in [2.75, 3.05) is 7.05 Å². The van der Waals surface area contributed by atoms with Gasteiger partial charge >= 0.3 is 0 Å². The van der Waals surface area contributed by atoms with Crippen molar-refractivity contribution in [2.24, 2.45) is 0 Å². The van der Waals surface area contributed by atoms with E-state index in [0.717, 1.165) is 5.01 Å². The summed E-state index contributed by atoms with van der Waals surface area (Å²) in [6.07, 6.45) is 2.74. The highest BCUT2D eigenvalue weighted by atomic mass is 32.1. The van der Waals surface area contributed by atoms with E-state index in [-0.39, 0.29) is 5.82 Å². The first-order valence-electron chi connectivity index (χ1n) is 4.37. The van der Waals surface area contributed by atoms with E-state index in [1.165, 1.54) is 23.6 Å². The second-order valence-corrected chi connectivity index (χ2v) is 3.99. The first-order valence-corrected chi connectivity index (χ1v) is 5.19. The van der Waals surface area contributed by atoms with Gasteiger partial charge in [0.05, 0.1) is 6.20 Å². The number of hydrogen-bond acceptors (Lipinski definition) is 5. The number of nitrogens with zero attached hydrogens (tertiary/aromatic N) is 3. The van der Waals surface area contributed by atoms with Crippen molar-refractivity contribution in [1.82, 2.24) is 20.5 Å². The van der Waals surface area contributed by atoms with Crippen LogP contribution in [0.25, 0.3) is 10.6 Å². The van der Waals surface area contributed by atoms with Crippen LogP contribution >= 0.6 is 11.3 Å². The van der Waals surface area contributed by atoms with Crippen molar-refractivity contribution >= 4 is 11.3 Å². The number of hydrogen-bond donors (Lipinski definition) is 1. The Hall–Kier alpha value is -1.40. The van der Waals surface area contributed by atoms with Crippen LogP contribution in [0.1, 0.15) is 5.01 Å². The number of pyridine rings is 1. The van der Waals surface area contributed by atoms with Gasteiger partial charge in [-0.15, -0.1) is 10.2 Å². The van der Waals surface area contributed by atoms with Crippen molar-refractivity contribution in [1.29, 1.82) is 0 Å². The van der Waals surface area contributed by atoms with Gasteiger partial charge in [-0.2, -0.15) is 0 Å². The zero-order valence-corrected chi connectivity index (χ0v) is 8.88. The van der Waals surface area contributed by atoms with Crippen LogP contribution < -0.4 is 5.32 Å². The van der Waals surface area contributed by atoms with Gasteiger partial charge in [0.1, 0.15) is 15.8 Å². The highest BCUT2D eigenvalue weighted by Gasteiger charge is 2.06. The predicted octanol–water partition coefficient (Wildman–Crippen LogP) is 1.46. The molecular formula is C9H9FN4S. The highest BCUT2D eigenvalue weighted by Crippen LogP contribution is 2.22. The lowest BCUT2D eigenvalue weighted by molar-refractivity contribution is 0.622. The Labute approximate surface area is 90.2 Å². The molecule has 0 aliphatic carbocycles. The number of aromatic nitrogens is 3. The first kappa shape index (κ1) is 10.1. The third-order valence-corrected chi connectivity index (χ3v) is 2.72. The number of nitrogens with one attached hydrogen (secondary N) is 1. The quantitative estimate of drug-likeness (QED) is 0.857. The van der Waals surface area contributed by atoms with E-state index >= 15 is 0 Å². The van der Waals surface area contributed by atoms with Crippen LogP contribution in [-0.2, 0) is 6.54 Å². The summed E-state index contributed by atoms with van der Waals surface area (Å²) in [6.45, 7) is 0.667. The van der Waals surface area contributed by atoms with E-state index in [4.69, 9.17) is 0 Å². The van der Waals surface area contributed by atoms with Crippen LogP contribution in [0.3, 0.4) is 0 Å². The van der Waals surface area contributed by atoms with Crippen molar-refractivity contribution in [3.8, 4) is 10.6 Å². The minimum atomic E-state index is -0.363. The summed E-state index contributed by atoms with van der Waals surface area (Å²) in [4.78, 5) is 3.76. The highest BCUT2D eigenvalue weighted by molar-refractivity contribution is 7.14. The second kappa shape index (κ2) is 4.41. The Morgan fingerprint density at radius 2 is 2.27 bits per heavy atom. The van der Waals surface area contributed by atoms with Gasteiger partial charge in [-0.3, -0.25) is 4.98 Å². The second-order valence-electron chi connectivity index (χ2n) is 2.92. The van der Waals surface area contributed by atoms with Crippen LogP contribution in [0.15, 0.2) is 18.5 Å². The molecule has 1 N–H and O–H groups in total. The summed E-state index contributed by atoms with van der Waals surface area (Å²) < 4.78 is 12.9. The Morgan fingerprint density at radius 1 is 1.40 bits per heavy atom. The maximum absolute atomic E-state index is 12.9. The number of rotatable bonds is 3. The standard InChI is InChI=1S/C9H9FN4S/c1-11-5-8-13-14-9(15-8)6-2-7(10)4-12-3-6/h2-4,11H,5H2,1H3. The molecule has 0 bridgehead atoms. The average Bonchev–Trinajstić information content (AvgIpc) is 2.67. The molecule has 78 valence electrons. The Kier molecular flexibility index (Phi) is 2.98. The lowest BCUT2D eigenvalue weighted by Gasteiger charge is -1.93. The van der Waals surface area contributed by atoms with E-state index in [9.17, 15) is 4.39 Å². The molecule has 0 atom stereocenters. The van der Waals surface area contributed by atoms with Gasteiger partial charge < -0.3 is 5.32 Å². The maximum atomic E-state index is 12.9. The summed E-state index contributed by atoms with van der Waals surface area (Å²) in [5, 5.41) is 12.5. The molecule has 2 rings (SSSR count). The van der Waals surface area contributed by atoms with E-state index in [1.54, 1.807) is 6.20 Å². The minimum Gasteiger partial charge on any atom is -0.313 e. The maximum Gasteiger partial charge on any atom is 0.149 e. The largest absolute Gasteiger partial charge is 0.313 e. The van der Waals surface area contributed by atoms with Gasteiger partial charge in [-0.1, -0.05) is 11.3 Å². The average molecular weight is 224 g/mol. The predicted molar refractivity (Wildman–Crippen MR) is 55.9 cm³/mol. The summed E-state index contributed by atoms with van der Waals surface area (Å²) in [5.74, 6) is -0.363. The molecule has 0 amide bonds. The van der Waals surface area contributed by atoms with Crippen LogP contribution in [0.2, 0.25) is 0 Å². The molecule has 15 heavy (non-hydrogen) atoms. The normalized spacial score (nSPS) is 10.5. The van der Waals surface area contributed by atoms with E-state index in [2.05, 4.69) is 20.5 Å². The van der Waals surface area contributed by atoms with Crippen molar-refractivity contribution in [3.63, 3.8) is 0 Å². The van der Waals surface area contributed by atoms with Crippen molar-refractivity contribution in [3.05, 3.63) is 29.3 Å². The molecule has 6 heteroatoms. The molecule has 0 aromatic carbocycles. The fourth-order valence-electron chi connectivity index (χ4n) is 1.12. The topological polar surface area (TPSA) is 50.7 Å². The molecule has 2 aromatic rings. The summed E-state index contributed by atoms with van der Waals surface area (Å²) in [6, 6.07) is 1.40. The molecule has 0 radical (unpaired) electrons. The van der Waals surface area contributed by atoms with Crippen molar-refractivity contribution in [2.45, 2.75) is 6.54 Å². The third-order valence-electron chi connectivity index (χ3n) is 1.75. The van der Waals surface area contributed by atoms with E-state index < -0.39 is 0 Å². The molecule has 2 heterocycles. The van der Waals surface area contributed by atoms with Crippen LogP contribution in [0, 0.1) is 5.82 Å². The van der Waals surface area contributed by atoms with Gasteiger partial charge in [0.15, 0.2) is 0 Å². The zero-order chi connectivity index (χ0) is 10.7. The monoisotopic (exact) mass is 224 g/mol. The van der Waals surface area contributed by atoms with E-state index in [1.807, 2.05) is 7.05 Å². The third kappa shape index (κ3) is 2.34. The Morgan fingerprint density at radius 3 is 3.00 bits per heavy atom. The molecule has 0 fully saturated rings. The van der Waals surface area contributed by atoms with Gasteiger partial charge in [0.25, 0.3) is 0 Å². The molecule has 0 aliphatic rings. The van der Waals surface area contributed by atoms with Gasteiger partial charge in [0.2, 0.25) is 0 Å². The SMILES string of the molecule is CNCc1nnc(-c2cncc(F)c2)s1. The molecule has 2 aromatic heterocycles. The lowest BCUT2D eigenvalue weighted by Crippen LogP contribution is -2.04. The molecule has 0 spiro atoms. The molecule has 0 unspecified atom stereocenters. The number of halogens is 1. The van der Waals surface area contributed by atoms with Crippen LogP contribution in [0.5, 0.6) is 0 Å². The molecule has 4 nitrogen and oxygen atoms in total. The summed E-state index contributed by atoms with van der Waals surface area (Å²) in [5.41, 5.74) is 0.662. The van der Waals surface area contributed by atoms with Crippen molar-refractivity contribution < 1.29 is 4.39 Å². The fourth-order valence-corrected chi connectivity index (χ4v) is 1.95. The van der Waals surface area contributed by atoms with Gasteiger partial charge in [-0.05, 0) is 13.1 Å². The van der Waals surface area contributed by atoms with Gasteiger partial charge in [0, 0.05) is 18.3 Å². The fraction of sp³-hybridized carbons (Fsp3) is 0.222. The lowest BCUT2D eigenvalue weighted by atomic mass is 10.3. The minimum absolute atomic E-state index is 0.363. The molecule has 0 saturated carbocycles.